The molecule has 2 aromatic rings. The highest BCUT2D eigenvalue weighted by atomic mass is 79.9. The van der Waals surface area contributed by atoms with E-state index in [4.69, 9.17) is 0 Å². The Morgan fingerprint density at radius 3 is 2.33 bits per heavy atom. The van der Waals surface area contributed by atoms with Gasteiger partial charge in [-0.25, -0.2) is 17.4 Å². The number of benzene rings is 1. The lowest BCUT2D eigenvalue weighted by molar-refractivity contribution is 0.585. The third-order valence-corrected chi connectivity index (χ3v) is 5.58. The minimum atomic E-state index is -3.59. The van der Waals surface area contributed by atoms with Gasteiger partial charge >= 0.3 is 0 Å². The van der Waals surface area contributed by atoms with Crippen molar-refractivity contribution in [1.82, 2.24) is 8.96 Å². The van der Waals surface area contributed by atoms with Gasteiger partial charge in [-0.2, -0.15) is 0 Å². The number of hydrogen-bond donors (Lipinski definition) is 0. The molecule has 4 nitrogen and oxygen atoms in total. The van der Waals surface area contributed by atoms with E-state index in [9.17, 15) is 8.42 Å². The van der Waals surface area contributed by atoms with Crippen molar-refractivity contribution in [2.75, 3.05) is 0 Å². The molecule has 0 spiro atoms. The maximum absolute atomic E-state index is 12.5. The lowest BCUT2D eigenvalue weighted by Crippen LogP contribution is -2.14. The minimum absolute atomic E-state index is 0.256. The van der Waals surface area contributed by atoms with Gasteiger partial charge in [-0.3, -0.25) is 0 Å². The van der Waals surface area contributed by atoms with Crippen molar-refractivity contribution in [2.24, 2.45) is 0 Å². The van der Waals surface area contributed by atoms with Gasteiger partial charge in [0.05, 0.1) is 0 Å². The van der Waals surface area contributed by atoms with E-state index in [2.05, 4.69) is 20.9 Å². The van der Waals surface area contributed by atoms with Gasteiger partial charge in [0, 0.05) is 16.9 Å². The molecule has 0 fully saturated rings. The molecular weight excluding hydrogens is 316 g/mol. The molecule has 1 aromatic heterocycles. The van der Waals surface area contributed by atoms with Crippen molar-refractivity contribution >= 4 is 26.0 Å². The Hall–Kier alpha value is -1.14. The van der Waals surface area contributed by atoms with Crippen LogP contribution in [-0.2, 0) is 10.0 Å². The molecule has 0 saturated heterocycles. The van der Waals surface area contributed by atoms with Crippen molar-refractivity contribution < 1.29 is 8.42 Å². The SMILES string of the molecule is Cc1cc(Br)c(S(=O)(=O)n2ccnc2C)cc1C. The summed E-state index contributed by atoms with van der Waals surface area (Å²) in [5.41, 5.74) is 1.98. The first kappa shape index (κ1) is 13.3. The van der Waals surface area contributed by atoms with Crippen LogP contribution >= 0.6 is 15.9 Å². The summed E-state index contributed by atoms with van der Waals surface area (Å²) in [4.78, 5) is 4.20. The fourth-order valence-electron chi connectivity index (χ4n) is 1.68. The molecule has 2 rings (SSSR count). The van der Waals surface area contributed by atoms with Crippen LogP contribution in [0.5, 0.6) is 0 Å². The second kappa shape index (κ2) is 4.51. The fourth-order valence-corrected chi connectivity index (χ4v) is 4.20. The van der Waals surface area contributed by atoms with Crippen LogP contribution < -0.4 is 0 Å². The largest absolute Gasteiger partial charge is 0.270 e. The first-order valence-corrected chi connectivity index (χ1v) is 7.59. The van der Waals surface area contributed by atoms with Gasteiger partial charge < -0.3 is 0 Å². The Morgan fingerprint density at radius 1 is 1.17 bits per heavy atom. The van der Waals surface area contributed by atoms with Crippen molar-refractivity contribution in [3.05, 3.63) is 46.0 Å². The molecule has 0 aliphatic rings. The summed E-state index contributed by atoms with van der Waals surface area (Å²) in [6.07, 6.45) is 2.92. The predicted molar refractivity (Wildman–Crippen MR) is 73.2 cm³/mol. The number of halogens is 1. The highest BCUT2D eigenvalue weighted by molar-refractivity contribution is 9.10. The summed E-state index contributed by atoms with van der Waals surface area (Å²) in [6, 6.07) is 3.49. The van der Waals surface area contributed by atoms with Gasteiger partial charge in [0.25, 0.3) is 10.0 Å². The minimum Gasteiger partial charge on any atom is -0.241 e. The number of hydrogen-bond acceptors (Lipinski definition) is 3. The second-order valence-electron chi connectivity index (χ2n) is 4.14. The number of imidazole rings is 1. The summed E-state index contributed by atoms with van der Waals surface area (Å²) < 4.78 is 26.7. The van der Waals surface area contributed by atoms with Crippen LogP contribution in [0.25, 0.3) is 0 Å². The Kier molecular flexibility index (Phi) is 3.33. The summed E-state index contributed by atoms with van der Waals surface area (Å²) in [6.45, 7) is 5.49. The number of aryl methyl sites for hydroxylation is 3. The Labute approximate surface area is 115 Å². The summed E-state index contributed by atoms with van der Waals surface area (Å²) in [5, 5.41) is 0. The quantitative estimate of drug-likeness (QED) is 0.851. The fraction of sp³-hybridized carbons (Fsp3) is 0.250. The lowest BCUT2D eigenvalue weighted by atomic mass is 10.1. The van der Waals surface area contributed by atoms with Crippen LogP contribution in [0.2, 0.25) is 0 Å². The van der Waals surface area contributed by atoms with Gasteiger partial charge in [-0.1, -0.05) is 0 Å². The summed E-state index contributed by atoms with van der Waals surface area (Å²) >= 11 is 3.31. The highest BCUT2D eigenvalue weighted by Gasteiger charge is 2.22. The number of rotatable bonds is 2. The van der Waals surface area contributed by atoms with E-state index in [0.717, 1.165) is 11.1 Å². The third kappa shape index (κ3) is 2.10. The molecule has 96 valence electrons. The molecule has 0 unspecified atom stereocenters. The Bertz CT molecular complexity index is 705. The Balaban J connectivity index is 2.70. The maximum Gasteiger partial charge on any atom is 0.270 e. The standard InChI is InChI=1S/C12H13BrN2O2S/c1-8-6-11(13)12(7-9(8)2)18(16,17)15-5-4-14-10(15)3/h4-7H,1-3H3. The van der Waals surface area contributed by atoms with Crippen LogP contribution in [0.15, 0.2) is 33.9 Å². The van der Waals surface area contributed by atoms with Crippen LogP contribution in [0, 0.1) is 20.8 Å². The van der Waals surface area contributed by atoms with Crippen molar-refractivity contribution in [3.63, 3.8) is 0 Å². The average Bonchev–Trinajstić information content (AvgIpc) is 2.70. The summed E-state index contributed by atoms with van der Waals surface area (Å²) in [7, 11) is -3.59. The van der Waals surface area contributed by atoms with E-state index in [0.29, 0.717) is 10.3 Å². The molecule has 0 aliphatic carbocycles. The first-order valence-electron chi connectivity index (χ1n) is 5.36. The van der Waals surface area contributed by atoms with E-state index in [-0.39, 0.29) is 4.90 Å². The Morgan fingerprint density at radius 2 is 1.78 bits per heavy atom. The van der Waals surface area contributed by atoms with E-state index in [1.165, 1.54) is 16.4 Å². The van der Waals surface area contributed by atoms with Crippen molar-refractivity contribution in [2.45, 2.75) is 25.7 Å². The van der Waals surface area contributed by atoms with E-state index in [1.54, 1.807) is 13.0 Å². The van der Waals surface area contributed by atoms with E-state index >= 15 is 0 Å². The van der Waals surface area contributed by atoms with Gasteiger partial charge in [-0.15, -0.1) is 0 Å². The monoisotopic (exact) mass is 328 g/mol. The molecule has 0 N–H and O–H groups in total. The third-order valence-electron chi connectivity index (χ3n) is 2.87. The number of nitrogens with zero attached hydrogens (tertiary/aromatic N) is 2. The average molecular weight is 329 g/mol. The zero-order valence-electron chi connectivity index (χ0n) is 10.3. The molecule has 6 heteroatoms. The summed E-state index contributed by atoms with van der Waals surface area (Å²) in [5.74, 6) is 0.445. The van der Waals surface area contributed by atoms with Crippen molar-refractivity contribution in [1.29, 1.82) is 0 Å². The highest BCUT2D eigenvalue weighted by Crippen LogP contribution is 2.27. The molecule has 1 heterocycles. The van der Waals surface area contributed by atoms with Crippen LogP contribution in [-0.4, -0.2) is 17.4 Å². The molecular formula is C12H13BrN2O2S. The molecule has 0 bridgehead atoms. The molecule has 1 aromatic carbocycles. The molecule has 0 radical (unpaired) electrons. The molecule has 0 saturated carbocycles. The lowest BCUT2D eigenvalue weighted by Gasteiger charge is -2.11. The van der Waals surface area contributed by atoms with Crippen molar-refractivity contribution in [3.8, 4) is 0 Å². The maximum atomic E-state index is 12.5. The van der Waals surface area contributed by atoms with E-state index < -0.39 is 10.0 Å². The van der Waals surface area contributed by atoms with Crippen LogP contribution in [0.1, 0.15) is 17.0 Å². The van der Waals surface area contributed by atoms with Crippen LogP contribution in [0.3, 0.4) is 0 Å². The molecule has 18 heavy (non-hydrogen) atoms. The second-order valence-corrected chi connectivity index (χ2v) is 6.78. The van der Waals surface area contributed by atoms with Gasteiger partial charge in [0.15, 0.2) is 0 Å². The topological polar surface area (TPSA) is 52.0 Å². The smallest absolute Gasteiger partial charge is 0.241 e. The first-order chi connectivity index (χ1) is 8.34. The zero-order chi connectivity index (χ0) is 13.5. The molecule has 0 aliphatic heterocycles. The normalized spacial score (nSPS) is 11.8. The van der Waals surface area contributed by atoms with Gasteiger partial charge in [0.2, 0.25) is 0 Å². The van der Waals surface area contributed by atoms with Gasteiger partial charge in [-0.05, 0) is 60.0 Å². The van der Waals surface area contributed by atoms with Crippen LogP contribution in [0.4, 0.5) is 0 Å². The molecule has 0 amide bonds. The number of aromatic nitrogens is 2. The predicted octanol–water partition coefficient (Wildman–Crippen LogP) is 2.81. The zero-order valence-corrected chi connectivity index (χ0v) is 12.7. The molecule has 0 atom stereocenters. The van der Waals surface area contributed by atoms with E-state index in [1.807, 2.05) is 19.9 Å². The van der Waals surface area contributed by atoms with Gasteiger partial charge in [0.1, 0.15) is 10.7 Å².